The maximum Gasteiger partial charge on any atom is 0.220 e. The summed E-state index contributed by atoms with van der Waals surface area (Å²) < 4.78 is 0. The van der Waals surface area contributed by atoms with Gasteiger partial charge in [0.05, 0.1) is 6.54 Å². The topological polar surface area (TPSA) is 60.0 Å². The first kappa shape index (κ1) is 25.7. The number of nitrogens with one attached hydrogen (secondary N) is 2. The first-order valence-corrected chi connectivity index (χ1v) is 10.6. The van der Waals surface area contributed by atoms with Crippen LogP contribution in [0.2, 0.25) is 0 Å². The van der Waals surface area contributed by atoms with E-state index in [9.17, 15) is 4.79 Å². The van der Waals surface area contributed by atoms with Crippen LogP contribution in [0, 0.1) is 5.92 Å². The van der Waals surface area contributed by atoms with E-state index in [0.29, 0.717) is 18.9 Å². The SMILES string of the molecule is CCNC(=NCc1cccc(CN(C)CC)c1)N1CCC(CC(=O)NC)CC1.I. The largest absolute Gasteiger partial charge is 0.359 e. The first-order valence-electron chi connectivity index (χ1n) is 10.6. The highest BCUT2D eigenvalue weighted by Gasteiger charge is 2.23. The Bertz CT molecular complexity index is 644. The standard InChI is InChI=1S/C22H37N5O.HI/c1-5-24-22(27-12-10-18(11-13-27)15-21(28)23-3)25-16-19-8-7-9-20(14-19)17-26(4)6-2;/h7-9,14,18H,5-6,10-13,15-17H2,1-4H3,(H,23,28)(H,24,25);1H. The van der Waals surface area contributed by atoms with Crippen molar-refractivity contribution in [3.63, 3.8) is 0 Å². The highest BCUT2D eigenvalue weighted by Crippen LogP contribution is 2.20. The van der Waals surface area contributed by atoms with Crippen LogP contribution in [0.4, 0.5) is 0 Å². The summed E-state index contributed by atoms with van der Waals surface area (Å²) >= 11 is 0. The molecule has 0 saturated carbocycles. The van der Waals surface area contributed by atoms with Gasteiger partial charge in [0.2, 0.25) is 5.91 Å². The van der Waals surface area contributed by atoms with Crippen LogP contribution in [0.5, 0.6) is 0 Å². The molecular weight excluding hydrogens is 477 g/mol. The number of nitrogens with zero attached hydrogens (tertiary/aromatic N) is 3. The Morgan fingerprint density at radius 3 is 2.55 bits per heavy atom. The number of aliphatic imine (C=N–C) groups is 1. The minimum absolute atomic E-state index is 0. The van der Waals surface area contributed by atoms with Gasteiger partial charge >= 0.3 is 0 Å². The number of benzene rings is 1. The Morgan fingerprint density at radius 1 is 1.24 bits per heavy atom. The summed E-state index contributed by atoms with van der Waals surface area (Å²) in [6, 6.07) is 8.72. The third-order valence-corrected chi connectivity index (χ3v) is 5.40. The second kappa shape index (κ2) is 13.8. The van der Waals surface area contributed by atoms with Crippen molar-refractivity contribution in [2.75, 3.05) is 40.3 Å². The number of carbonyl (C=O) groups is 1. The number of halogens is 1. The molecule has 2 N–H and O–H groups in total. The first-order chi connectivity index (χ1) is 13.5. The van der Waals surface area contributed by atoms with Crippen molar-refractivity contribution in [1.82, 2.24) is 20.4 Å². The predicted octanol–water partition coefficient (Wildman–Crippen LogP) is 3.07. The van der Waals surface area contributed by atoms with E-state index in [1.54, 1.807) is 7.05 Å². The number of amides is 1. The van der Waals surface area contributed by atoms with E-state index in [1.807, 2.05) is 0 Å². The van der Waals surface area contributed by atoms with Crippen LogP contribution in [-0.2, 0) is 17.9 Å². The molecule has 2 rings (SSSR count). The highest BCUT2D eigenvalue weighted by molar-refractivity contribution is 14.0. The van der Waals surface area contributed by atoms with Crippen LogP contribution in [0.15, 0.2) is 29.3 Å². The maximum atomic E-state index is 11.6. The maximum absolute atomic E-state index is 11.6. The van der Waals surface area contributed by atoms with E-state index >= 15 is 0 Å². The highest BCUT2D eigenvalue weighted by atomic mass is 127. The molecule has 0 unspecified atom stereocenters. The Labute approximate surface area is 193 Å². The van der Waals surface area contributed by atoms with Crippen LogP contribution < -0.4 is 10.6 Å². The second-order valence-corrected chi connectivity index (χ2v) is 7.63. The van der Waals surface area contributed by atoms with Gasteiger partial charge in [-0.2, -0.15) is 0 Å². The van der Waals surface area contributed by atoms with E-state index in [4.69, 9.17) is 4.99 Å². The lowest BCUT2D eigenvalue weighted by molar-refractivity contribution is -0.121. The fourth-order valence-corrected chi connectivity index (χ4v) is 3.55. The molecule has 1 heterocycles. The molecule has 1 fully saturated rings. The molecule has 1 saturated heterocycles. The number of guanidine groups is 1. The van der Waals surface area contributed by atoms with Crippen LogP contribution in [0.3, 0.4) is 0 Å². The molecule has 29 heavy (non-hydrogen) atoms. The van der Waals surface area contributed by atoms with Gasteiger partial charge in [-0.1, -0.05) is 31.2 Å². The minimum Gasteiger partial charge on any atom is -0.359 e. The summed E-state index contributed by atoms with van der Waals surface area (Å²) in [5.41, 5.74) is 2.57. The monoisotopic (exact) mass is 515 g/mol. The van der Waals surface area contributed by atoms with Gasteiger partial charge in [-0.3, -0.25) is 4.79 Å². The zero-order valence-electron chi connectivity index (χ0n) is 18.4. The summed E-state index contributed by atoms with van der Waals surface area (Å²) in [6.45, 7) is 9.74. The molecule has 0 radical (unpaired) electrons. The lowest BCUT2D eigenvalue weighted by Crippen LogP contribution is -2.46. The zero-order chi connectivity index (χ0) is 20.4. The van der Waals surface area contributed by atoms with Crippen molar-refractivity contribution >= 4 is 35.8 Å². The number of hydrogen-bond donors (Lipinski definition) is 2. The van der Waals surface area contributed by atoms with Gasteiger partial charge < -0.3 is 20.4 Å². The van der Waals surface area contributed by atoms with E-state index in [-0.39, 0.29) is 29.9 Å². The number of hydrogen-bond acceptors (Lipinski definition) is 3. The van der Waals surface area contributed by atoms with Gasteiger partial charge in [0.1, 0.15) is 0 Å². The van der Waals surface area contributed by atoms with Gasteiger partial charge in [0.25, 0.3) is 0 Å². The van der Waals surface area contributed by atoms with Crippen molar-refractivity contribution in [2.45, 2.75) is 46.2 Å². The Morgan fingerprint density at radius 2 is 1.93 bits per heavy atom. The molecule has 0 aromatic heterocycles. The fraction of sp³-hybridized carbons (Fsp3) is 0.636. The molecule has 1 aliphatic rings. The molecular formula is C22H38IN5O. The van der Waals surface area contributed by atoms with E-state index in [1.165, 1.54) is 11.1 Å². The molecule has 1 amide bonds. The molecule has 1 aliphatic heterocycles. The summed E-state index contributed by atoms with van der Waals surface area (Å²) in [4.78, 5) is 21.1. The van der Waals surface area contributed by atoms with E-state index in [2.05, 4.69) is 65.6 Å². The third-order valence-electron chi connectivity index (χ3n) is 5.40. The van der Waals surface area contributed by atoms with Gasteiger partial charge in [0, 0.05) is 39.6 Å². The summed E-state index contributed by atoms with van der Waals surface area (Å²) in [6.07, 6.45) is 2.71. The van der Waals surface area contributed by atoms with Crippen molar-refractivity contribution in [1.29, 1.82) is 0 Å². The Balaban J connectivity index is 0.00000420. The van der Waals surface area contributed by atoms with Gasteiger partial charge in [0.15, 0.2) is 5.96 Å². The lowest BCUT2D eigenvalue weighted by Gasteiger charge is -2.34. The summed E-state index contributed by atoms with van der Waals surface area (Å²) in [5, 5.41) is 6.17. The second-order valence-electron chi connectivity index (χ2n) is 7.63. The zero-order valence-corrected chi connectivity index (χ0v) is 20.7. The van der Waals surface area contributed by atoms with E-state index < -0.39 is 0 Å². The van der Waals surface area contributed by atoms with E-state index in [0.717, 1.165) is 51.5 Å². The van der Waals surface area contributed by atoms with Crippen LogP contribution in [-0.4, -0.2) is 61.9 Å². The molecule has 164 valence electrons. The van der Waals surface area contributed by atoms with Crippen molar-refractivity contribution in [3.05, 3.63) is 35.4 Å². The van der Waals surface area contributed by atoms with Crippen molar-refractivity contribution in [3.8, 4) is 0 Å². The van der Waals surface area contributed by atoms with Crippen LogP contribution in [0.25, 0.3) is 0 Å². The quantitative estimate of drug-likeness (QED) is 0.318. The number of likely N-dealkylation sites (tertiary alicyclic amines) is 1. The average molecular weight is 515 g/mol. The fourth-order valence-electron chi connectivity index (χ4n) is 3.55. The molecule has 0 bridgehead atoms. The summed E-state index contributed by atoms with van der Waals surface area (Å²) in [5.74, 6) is 1.61. The van der Waals surface area contributed by atoms with Crippen LogP contribution in [0.1, 0.15) is 44.2 Å². The normalized spacial score (nSPS) is 15.2. The van der Waals surface area contributed by atoms with Crippen molar-refractivity contribution < 1.29 is 4.79 Å². The van der Waals surface area contributed by atoms with Crippen LogP contribution >= 0.6 is 24.0 Å². The average Bonchev–Trinajstić information content (AvgIpc) is 2.72. The molecule has 0 aliphatic carbocycles. The molecule has 1 aromatic rings. The molecule has 6 nitrogen and oxygen atoms in total. The smallest absolute Gasteiger partial charge is 0.220 e. The Kier molecular flexibility index (Phi) is 12.2. The molecule has 0 atom stereocenters. The Hall–Kier alpha value is -1.35. The molecule has 7 heteroatoms. The third kappa shape index (κ3) is 8.90. The van der Waals surface area contributed by atoms with Gasteiger partial charge in [-0.25, -0.2) is 4.99 Å². The molecule has 0 spiro atoms. The number of piperidine rings is 1. The predicted molar refractivity (Wildman–Crippen MR) is 132 cm³/mol. The molecule has 1 aromatic carbocycles. The number of carbonyl (C=O) groups excluding carboxylic acids is 1. The summed E-state index contributed by atoms with van der Waals surface area (Å²) in [7, 11) is 3.85. The van der Waals surface area contributed by atoms with Gasteiger partial charge in [-0.15, -0.1) is 24.0 Å². The van der Waals surface area contributed by atoms with Crippen molar-refractivity contribution in [2.24, 2.45) is 10.9 Å². The van der Waals surface area contributed by atoms with Gasteiger partial charge in [-0.05, 0) is 50.4 Å². The minimum atomic E-state index is 0. The lowest BCUT2D eigenvalue weighted by atomic mass is 9.93. The number of rotatable bonds is 8.